The van der Waals surface area contributed by atoms with Crippen LogP contribution in [0.15, 0.2) is 60.7 Å². The average Bonchev–Trinajstić information content (AvgIpc) is 3.39. The predicted octanol–water partition coefficient (Wildman–Crippen LogP) is 2.73. The Morgan fingerprint density at radius 3 is 2.37 bits per heavy atom. The van der Waals surface area contributed by atoms with E-state index in [4.69, 9.17) is 4.74 Å². The van der Waals surface area contributed by atoms with E-state index < -0.39 is 12.1 Å². The number of para-hydroxylation sites is 1. The molecule has 3 N–H and O–H groups in total. The number of fused-ring (bicyclic) bond motifs is 1. The largest absolute Gasteiger partial charge is 0.493 e. The molecule has 2 aromatic carbocycles. The maximum Gasteiger partial charge on any atom is 0.243 e. The van der Waals surface area contributed by atoms with Gasteiger partial charge in [0.1, 0.15) is 24.2 Å². The summed E-state index contributed by atoms with van der Waals surface area (Å²) in [4.78, 5) is 59.3. The fourth-order valence-electron chi connectivity index (χ4n) is 5.34. The quantitative estimate of drug-likeness (QED) is 0.363. The van der Waals surface area contributed by atoms with Gasteiger partial charge in [-0.15, -0.1) is 0 Å². The van der Waals surface area contributed by atoms with Crippen LogP contribution in [0.4, 0.5) is 0 Å². The van der Waals surface area contributed by atoms with E-state index in [1.165, 1.54) is 4.68 Å². The summed E-state index contributed by atoms with van der Waals surface area (Å²) in [6.07, 6.45) is 1.57. The maximum absolute atomic E-state index is 13.8. The van der Waals surface area contributed by atoms with Crippen molar-refractivity contribution in [1.29, 1.82) is 0 Å². The lowest BCUT2D eigenvalue weighted by Crippen LogP contribution is -2.50. The number of aromatic nitrogens is 3. The molecular weight excluding hydrogens is 586 g/mol. The Morgan fingerprint density at radius 2 is 1.65 bits per heavy atom. The lowest BCUT2D eigenvalue weighted by molar-refractivity contribution is -0.132. The van der Waals surface area contributed by atoms with E-state index in [2.05, 4.69) is 26.0 Å². The Bertz CT molecular complexity index is 1440. The number of nitrogens with zero attached hydrogens (tertiary/aromatic N) is 4. The van der Waals surface area contributed by atoms with E-state index in [0.717, 1.165) is 5.56 Å². The lowest BCUT2D eigenvalue weighted by Gasteiger charge is -2.26. The van der Waals surface area contributed by atoms with Crippen molar-refractivity contribution in [2.45, 2.75) is 71.5 Å². The lowest BCUT2D eigenvalue weighted by atomic mass is 10.0. The van der Waals surface area contributed by atoms with Crippen molar-refractivity contribution in [2.75, 3.05) is 26.2 Å². The van der Waals surface area contributed by atoms with Crippen LogP contribution >= 0.6 is 0 Å². The first-order valence-electron chi connectivity index (χ1n) is 16.0. The zero-order valence-corrected chi connectivity index (χ0v) is 26.9. The molecular formula is C34H45N7O5. The van der Waals surface area contributed by atoms with Crippen molar-refractivity contribution in [2.24, 2.45) is 5.92 Å². The van der Waals surface area contributed by atoms with Crippen molar-refractivity contribution in [3.05, 3.63) is 77.9 Å². The summed E-state index contributed by atoms with van der Waals surface area (Å²) < 4.78 is 7.24. The molecule has 0 fully saturated rings. The summed E-state index contributed by atoms with van der Waals surface area (Å²) in [6.45, 7) is 6.93. The highest BCUT2D eigenvalue weighted by atomic mass is 16.5. The number of carbonyl (C=O) groups is 4. The van der Waals surface area contributed by atoms with Crippen molar-refractivity contribution >= 4 is 23.6 Å². The summed E-state index contributed by atoms with van der Waals surface area (Å²) in [6, 6.07) is 17.4. The SMILES string of the molecule is Cc1nc2n(n1)CC(=O)NCCCN(C(=O)CCOc1ccccc1)CCCC(=O)N[C@H](Cc1ccccc1)C(=O)N[C@H]2C(C)C. The molecule has 0 aliphatic carbocycles. The first-order chi connectivity index (χ1) is 22.2. The van der Waals surface area contributed by atoms with Crippen molar-refractivity contribution in [1.82, 2.24) is 35.6 Å². The molecule has 0 unspecified atom stereocenters. The molecule has 0 radical (unpaired) electrons. The van der Waals surface area contributed by atoms with E-state index >= 15 is 0 Å². The molecule has 3 aromatic rings. The van der Waals surface area contributed by atoms with Gasteiger partial charge in [0.05, 0.1) is 19.1 Å². The molecule has 0 spiro atoms. The molecule has 46 heavy (non-hydrogen) atoms. The summed E-state index contributed by atoms with van der Waals surface area (Å²) in [5.41, 5.74) is 0.899. The van der Waals surface area contributed by atoms with Gasteiger partial charge in [-0.3, -0.25) is 19.2 Å². The fourth-order valence-corrected chi connectivity index (χ4v) is 5.34. The van der Waals surface area contributed by atoms with Crippen LogP contribution in [0.3, 0.4) is 0 Å². The second-order valence-corrected chi connectivity index (χ2v) is 11.8. The first-order valence-corrected chi connectivity index (χ1v) is 16.0. The molecule has 1 aliphatic heterocycles. The average molecular weight is 632 g/mol. The van der Waals surface area contributed by atoms with E-state index in [1.807, 2.05) is 74.5 Å². The van der Waals surface area contributed by atoms with Crippen LogP contribution in [0, 0.1) is 12.8 Å². The Labute approximate surface area is 270 Å². The second-order valence-electron chi connectivity index (χ2n) is 11.8. The monoisotopic (exact) mass is 631 g/mol. The Kier molecular flexibility index (Phi) is 12.7. The van der Waals surface area contributed by atoms with Gasteiger partial charge >= 0.3 is 0 Å². The zero-order chi connectivity index (χ0) is 32.9. The minimum atomic E-state index is -0.844. The van der Waals surface area contributed by atoms with Gasteiger partial charge in [-0.2, -0.15) is 5.10 Å². The van der Waals surface area contributed by atoms with Gasteiger partial charge in [-0.05, 0) is 43.4 Å². The maximum atomic E-state index is 13.8. The van der Waals surface area contributed by atoms with E-state index in [1.54, 1.807) is 11.8 Å². The van der Waals surface area contributed by atoms with Crippen LogP contribution in [0.25, 0.3) is 0 Å². The van der Waals surface area contributed by atoms with E-state index in [0.29, 0.717) is 56.3 Å². The number of hydrogen-bond acceptors (Lipinski definition) is 7. The molecule has 4 amide bonds. The fraction of sp³-hybridized carbons (Fsp3) is 0.471. The smallest absolute Gasteiger partial charge is 0.243 e. The van der Waals surface area contributed by atoms with Gasteiger partial charge in [0.15, 0.2) is 5.82 Å². The number of nitrogens with one attached hydrogen (secondary N) is 3. The second kappa shape index (κ2) is 17.1. The molecule has 4 rings (SSSR count). The number of benzene rings is 2. The molecule has 0 saturated heterocycles. The molecule has 1 aliphatic rings. The van der Waals surface area contributed by atoms with Crippen LogP contribution in [-0.4, -0.2) is 75.6 Å². The van der Waals surface area contributed by atoms with Crippen LogP contribution in [0.2, 0.25) is 0 Å². The number of hydrogen-bond donors (Lipinski definition) is 3. The van der Waals surface area contributed by atoms with Crippen molar-refractivity contribution in [3.8, 4) is 5.75 Å². The van der Waals surface area contributed by atoms with Gasteiger partial charge in [-0.25, -0.2) is 9.67 Å². The van der Waals surface area contributed by atoms with Gasteiger partial charge in [0, 0.05) is 32.5 Å². The number of aryl methyl sites for hydroxylation is 1. The molecule has 12 heteroatoms. The number of ether oxygens (including phenoxy) is 1. The van der Waals surface area contributed by atoms with Crippen LogP contribution in [0.5, 0.6) is 5.75 Å². The Morgan fingerprint density at radius 1 is 0.957 bits per heavy atom. The van der Waals surface area contributed by atoms with E-state index in [9.17, 15) is 19.2 Å². The highest BCUT2D eigenvalue weighted by Gasteiger charge is 2.30. The topological polar surface area (TPSA) is 148 Å². The molecule has 12 nitrogen and oxygen atoms in total. The molecule has 2 atom stereocenters. The minimum Gasteiger partial charge on any atom is -0.493 e. The van der Waals surface area contributed by atoms with Crippen LogP contribution in [-0.2, 0) is 32.1 Å². The van der Waals surface area contributed by atoms with Crippen molar-refractivity contribution < 1.29 is 23.9 Å². The standard InChI is InChI=1S/C34H45N7O5/c1-24(2)32-33-36-25(3)39-41(33)23-30(43)35-18-11-20-40(31(44)17-21-46-27-14-8-5-9-15-27)19-10-16-29(42)37-28(34(45)38-32)22-26-12-6-4-7-13-26/h4-9,12-15,24,28,32H,10-11,16-23H2,1-3H3,(H,35,43)(H,37,42)(H,38,45)/t28-,32+/m1/s1. The third kappa shape index (κ3) is 10.4. The third-order valence-corrected chi connectivity index (χ3v) is 7.72. The summed E-state index contributed by atoms with van der Waals surface area (Å²) in [5.74, 6) is 0.590. The summed E-state index contributed by atoms with van der Waals surface area (Å²) >= 11 is 0. The zero-order valence-electron chi connectivity index (χ0n) is 26.9. The molecule has 246 valence electrons. The molecule has 0 bridgehead atoms. The third-order valence-electron chi connectivity index (χ3n) is 7.72. The molecule has 1 aromatic heterocycles. The van der Waals surface area contributed by atoms with Crippen LogP contribution < -0.4 is 20.7 Å². The highest BCUT2D eigenvalue weighted by Crippen LogP contribution is 2.21. The minimum absolute atomic E-state index is 0.0705. The predicted molar refractivity (Wildman–Crippen MR) is 173 cm³/mol. The van der Waals surface area contributed by atoms with Crippen molar-refractivity contribution in [3.63, 3.8) is 0 Å². The van der Waals surface area contributed by atoms with Gasteiger partial charge < -0.3 is 25.6 Å². The number of carbonyl (C=O) groups excluding carboxylic acids is 4. The van der Waals surface area contributed by atoms with Gasteiger partial charge in [0.25, 0.3) is 0 Å². The van der Waals surface area contributed by atoms with E-state index in [-0.39, 0.29) is 55.5 Å². The Hall–Kier alpha value is -4.74. The first kappa shape index (κ1) is 34.1. The summed E-state index contributed by atoms with van der Waals surface area (Å²) in [7, 11) is 0. The van der Waals surface area contributed by atoms with Gasteiger partial charge in [0.2, 0.25) is 23.6 Å². The number of rotatable bonds is 7. The molecule has 2 heterocycles. The van der Waals surface area contributed by atoms with Crippen LogP contribution in [0.1, 0.15) is 62.8 Å². The number of amides is 4. The normalized spacial score (nSPS) is 18.9. The molecule has 0 saturated carbocycles. The highest BCUT2D eigenvalue weighted by molar-refractivity contribution is 5.88. The van der Waals surface area contributed by atoms with Gasteiger partial charge in [-0.1, -0.05) is 62.4 Å². The summed E-state index contributed by atoms with van der Waals surface area (Å²) in [5, 5.41) is 13.4. The Balaban J connectivity index is 1.51.